The number of alkyl carbamates (subject to hydrolysis) is 1. The molecule has 44 heavy (non-hydrogen) atoms. The fourth-order valence-corrected chi connectivity index (χ4v) is 5.84. The van der Waals surface area contributed by atoms with Crippen molar-refractivity contribution >= 4 is 17.9 Å². The number of unbranched alkanes of at least 4 members (excludes halogenated alkanes) is 4. The molecule has 1 saturated carbocycles. The highest BCUT2D eigenvalue weighted by Gasteiger charge is 2.37. The molecule has 0 bridgehead atoms. The van der Waals surface area contributed by atoms with Crippen LogP contribution in [0.5, 0.6) is 5.75 Å². The van der Waals surface area contributed by atoms with E-state index in [0.29, 0.717) is 6.54 Å². The molecule has 2 atom stereocenters. The Morgan fingerprint density at radius 1 is 0.955 bits per heavy atom. The monoisotopic (exact) mass is 607 g/mol. The number of rotatable bonds is 14. The molecule has 8 nitrogen and oxygen atoms in total. The van der Waals surface area contributed by atoms with Crippen LogP contribution < -0.4 is 10.6 Å². The van der Waals surface area contributed by atoms with Crippen LogP contribution in [0.25, 0.3) is 0 Å². The Labute approximate surface area is 263 Å². The lowest BCUT2D eigenvalue weighted by atomic mass is 9.93. The molecule has 1 aliphatic carbocycles. The summed E-state index contributed by atoms with van der Waals surface area (Å²) < 4.78 is 5.55. The minimum Gasteiger partial charge on any atom is -0.508 e. The van der Waals surface area contributed by atoms with Crippen LogP contribution in [-0.2, 0) is 20.7 Å². The van der Waals surface area contributed by atoms with Crippen LogP contribution in [-0.4, -0.2) is 52.1 Å². The van der Waals surface area contributed by atoms with Crippen LogP contribution in [0.4, 0.5) is 4.79 Å². The van der Waals surface area contributed by atoms with E-state index in [9.17, 15) is 19.5 Å². The molecule has 3 rings (SSSR count). The van der Waals surface area contributed by atoms with E-state index >= 15 is 0 Å². The lowest BCUT2D eigenvalue weighted by molar-refractivity contribution is -0.143. The molecule has 8 heteroatoms. The van der Waals surface area contributed by atoms with Gasteiger partial charge in [0.2, 0.25) is 11.8 Å². The van der Waals surface area contributed by atoms with Gasteiger partial charge < -0.3 is 25.4 Å². The van der Waals surface area contributed by atoms with Crippen LogP contribution in [0, 0.1) is 6.92 Å². The van der Waals surface area contributed by atoms with Gasteiger partial charge in [-0.25, -0.2) is 4.79 Å². The van der Waals surface area contributed by atoms with Crippen molar-refractivity contribution in [2.24, 2.45) is 0 Å². The first-order valence-corrected chi connectivity index (χ1v) is 16.4. The van der Waals surface area contributed by atoms with Gasteiger partial charge in [-0.15, -0.1) is 0 Å². The number of benzene rings is 2. The summed E-state index contributed by atoms with van der Waals surface area (Å²) in [5, 5.41) is 15.9. The summed E-state index contributed by atoms with van der Waals surface area (Å²) in [7, 11) is 0. The Morgan fingerprint density at radius 3 is 2.25 bits per heavy atom. The number of nitrogens with one attached hydrogen (secondary N) is 2. The highest BCUT2D eigenvalue weighted by molar-refractivity contribution is 5.92. The van der Waals surface area contributed by atoms with Crippen molar-refractivity contribution in [2.75, 3.05) is 6.54 Å². The average molecular weight is 608 g/mol. The van der Waals surface area contributed by atoms with Gasteiger partial charge in [0.15, 0.2) is 0 Å². The van der Waals surface area contributed by atoms with Crippen LogP contribution in [0.3, 0.4) is 0 Å². The number of hydrogen-bond donors (Lipinski definition) is 3. The first-order valence-electron chi connectivity index (χ1n) is 16.4. The molecule has 3 N–H and O–H groups in total. The molecule has 0 aliphatic heterocycles. The Bertz CT molecular complexity index is 1200. The maximum absolute atomic E-state index is 14.7. The zero-order chi connectivity index (χ0) is 32.1. The van der Waals surface area contributed by atoms with Gasteiger partial charge in [-0.2, -0.15) is 0 Å². The number of hydrogen-bond acceptors (Lipinski definition) is 5. The molecule has 2 aromatic rings. The predicted octanol–water partition coefficient (Wildman–Crippen LogP) is 7.13. The van der Waals surface area contributed by atoms with E-state index in [2.05, 4.69) is 17.6 Å². The molecule has 0 spiro atoms. The number of carbonyl (C=O) groups excluding carboxylic acids is 3. The molecule has 1 aliphatic rings. The van der Waals surface area contributed by atoms with Crippen molar-refractivity contribution in [1.29, 1.82) is 0 Å². The maximum Gasteiger partial charge on any atom is 0.408 e. The standard InChI is InChI=1S/C36H53N3O5/c1-6-7-8-9-15-24-39(32(30-19-14-13-16-26(30)2)33(41)37-28-17-11-10-12-18-28)34(42)31(38-35(43)44-36(3,4)5)25-27-20-22-29(40)23-21-27/h13-14,16,19-23,28,31-32,40H,6-12,15,17-18,24-25H2,1-5H3,(H,37,41)(H,38,43). The molecule has 2 unspecified atom stereocenters. The van der Waals surface area contributed by atoms with Crippen molar-refractivity contribution in [2.45, 2.75) is 129 Å². The van der Waals surface area contributed by atoms with E-state index in [1.54, 1.807) is 49.9 Å². The number of amides is 3. The molecule has 0 saturated heterocycles. The van der Waals surface area contributed by atoms with Crippen molar-refractivity contribution in [3.63, 3.8) is 0 Å². The molecule has 0 heterocycles. The van der Waals surface area contributed by atoms with Crippen molar-refractivity contribution < 1.29 is 24.2 Å². The molecule has 1 fully saturated rings. The van der Waals surface area contributed by atoms with Gasteiger partial charge in [-0.3, -0.25) is 9.59 Å². The number of phenolic OH excluding ortho intramolecular Hbond substituents is 1. The van der Waals surface area contributed by atoms with Gasteiger partial charge in [0.05, 0.1) is 0 Å². The van der Waals surface area contributed by atoms with Crippen molar-refractivity contribution in [1.82, 2.24) is 15.5 Å². The Morgan fingerprint density at radius 2 is 1.61 bits per heavy atom. The second-order valence-corrected chi connectivity index (χ2v) is 13.1. The molecular weight excluding hydrogens is 554 g/mol. The summed E-state index contributed by atoms with van der Waals surface area (Å²) in [4.78, 5) is 43.6. The lowest BCUT2D eigenvalue weighted by Gasteiger charge is -2.36. The van der Waals surface area contributed by atoms with Gasteiger partial charge in [0, 0.05) is 19.0 Å². The Kier molecular flexibility index (Phi) is 13.6. The Hall–Kier alpha value is -3.55. The van der Waals surface area contributed by atoms with Gasteiger partial charge in [-0.1, -0.05) is 88.3 Å². The molecule has 0 aromatic heterocycles. The summed E-state index contributed by atoms with van der Waals surface area (Å²) in [5.74, 6) is -0.412. The van der Waals surface area contributed by atoms with E-state index in [0.717, 1.165) is 74.5 Å². The summed E-state index contributed by atoms with van der Waals surface area (Å²) in [6.45, 7) is 9.83. The predicted molar refractivity (Wildman–Crippen MR) is 174 cm³/mol. The van der Waals surface area contributed by atoms with Crippen LogP contribution in [0.1, 0.15) is 115 Å². The van der Waals surface area contributed by atoms with E-state index < -0.39 is 23.8 Å². The zero-order valence-electron chi connectivity index (χ0n) is 27.4. The van der Waals surface area contributed by atoms with E-state index in [1.165, 1.54) is 6.42 Å². The smallest absolute Gasteiger partial charge is 0.408 e. The number of phenols is 1. The van der Waals surface area contributed by atoms with Crippen LogP contribution >= 0.6 is 0 Å². The summed E-state index contributed by atoms with van der Waals surface area (Å²) >= 11 is 0. The third-order valence-corrected chi connectivity index (χ3v) is 8.15. The Balaban J connectivity index is 2.02. The lowest BCUT2D eigenvalue weighted by Crippen LogP contribution is -2.54. The number of aromatic hydroxyl groups is 1. The third-order valence-electron chi connectivity index (χ3n) is 8.15. The molecule has 2 aromatic carbocycles. The van der Waals surface area contributed by atoms with E-state index in [1.807, 2.05) is 31.2 Å². The van der Waals surface area contributed by atoms with Crippen LogP contribution in [0.15, 0.2) is 48.5 Å². The first kappa shape index (κ1) is 34.9. The summed E-state index contributed by atoms with van der Waals surface area (Å²) in [6.07, 6.45) is 9.61. The zero-order valence-corrected chi connectivity index (χ0v) is 27.4. The quantitative estimate of drug-likeness (QED) is 0.198. The minimum atomic E-state index is -0.987. The maximum atomic E-state index is 14.7. The first-order chi connectivity index (χ1) is 21.0. The molecule has 3 amide bonds. The number of carbonyl (C=O) groups is 3. The summed E-state index contributed by atoms with van der Waals surface area (Å²) in [5.41, 5.74) is 1.72. The largest absolute Gasteiger partial charge is 0.508 e. The third kappa shape index (κ3) is 11.2. The minimum absolute atomic E-state index is 0.0805. The highest BCUT2D eigenvalue weighted by atomic mass is 16.6. The second-order valence-electron chi connectivity index (χ2n) is 13.1. The van der Waals surface area contributed by atoms with Crippen molar-refractivity contribution in [3.05, 3.63) is 65.2 Å². The van der Waals surface area contributed by atoms with Crippen molar-refractivity contribution in [3.8, 4) is 5.75 Å². The number of ether oxygens (including phenoxy) is 1. The number of aryl methyl sites for hydroxylation is 1. The normalized spacial score (nSPS) is 15.2. The molecule has 0 radical (unpaired) electrons. The second kappa shape index (κ2) is 17.1. The summed E-state index contributed by atoms with van der Waals surface area (Å²) in [6, 6.07) is 12.6. The van der Waals surface area contributed by atoms with E-state index in [4.69, 9.17) is 4.74 Å². The topological polar surface area (TPSA) is 108 Å². The molecular formula is C36H53N3O5. The SMILES string of the molecule is CCCCCCCN(C(=O)C(Cc1ccc(O)cc1)NC(=O)OC(C)(C)C)C(C(=O)NC1CCCCC1)c1ccccc1C. The molecule has 242 valence electrons. The van der Waals surface area contributed by atoms with Gasteiger partial charge in [0.1, 0.15) is 23.4 Å². The average Bonchev–Trinajstić information content (AvgIpc) is 2.97. The highest BCUT2D eigenvalue weighted by Crippen LogP contribution is 2.28. The van der Waals surface area contributed by atoms with Gasteiger partial charge in [0.25, 0.3) is 0 Å². The van der Waals surface area contributed by atoms with Gasteiger partial charge >= 0.3 is 6.09 Å². The number of nitrogens with zero attached hydrogens (tertiary/aromatic N) is 1. The van der Waals surface area contributed by atoms with Crippen LogP contribution in [0.2, 0.25) is 0 Å². The van der Waals surface area contributed by atoms with E-state index in [-0.39, 0.29) is 30.0 Å². The van der Waals surface area contributed by atoms with Gasteiger partial charge in [-0.05, 0) is 75.8 Å². The fraction of sp³-hybridized carbons (Fsp3) is 0.583. The fourth-order valence-electron chi connectivity index (χ4n) is 5.84.